The van der Waals surface area contributed by atoms with Crippen LogP contribution >= 0.6 is 23.1 Å². The minimum atomic E-state index is 0.213. The SMILES string of the molecule is COc1cccc(OCc2nnc(SCc3csc(-c4ccc(C(C)C)cc4)n3)n2N)c1. The van der Waals surface area contributed by atoms with Crippen LogP contribution in [0.3, 0.4) is 0 Å². The fraction of sp³-hybridized carbons (Fsp3) is 0.261. The van der Waals surface area contributed by atoms with Gasteiger partial charge in [-0.25, -0.2) is 9.66 Å². The molecule has 32 heavy (non-hydrogen) atoms. The third-order valence-corrected chi connectivity index (χ3v) is 6.79. The Morgan fingerprint density at radius 3 is 2.62 bits per heavy atom. The molecule has 2 N–H and O–H groups in total. The lowest BCUT2D eigenvalue weighted by Gasteiger charge is -2.07. The average molecular weight is 468 g/mol. The van der Waals surface area contributed by atoms with Gasteiger partial charge < -0.3 is 15.3 Å². The summed E-state index contributed by atoms with van der Waals surface area (Å²) in [5, 5.41) is 12.0. The lowest BCUT2D eigenvalue weighted by atomic mass is 10.0. The van der Waals surface area contributed by atoms with E-state index in [-0.39, 0.29) is 6.61 Å². The van der Waals surface area contributed by atoms with Gasteiger partial charge in [-0.1, -0.05) is 55.9 Å². The van der Waals surface area contributed by atoms with Gasteiger partial charge in [-0.15, -0.1) is 21.5 Å². The Morgan fingerprint density at radius 2 is 1.88 bits per heavy atom. The van der Waals surface area contributed by atoms with E-state index >= 15 is 0 Å². The zero-order chi connectivity index (χ0) is 22.5. The molecule has 0 atom stereocenters. The molecule has 0 amide bonds. The van der Waals surface area contributed by atoms with Crippen LogP contribution in [0, 0.1) is 0 Å². The summed E-state index contributed by atoms with van der Waals surface area (Å²) < 4.78 is 12.4. The molecule has 2 aromatic heterocycles. The molecule has 0 bridgehead atoms. The van der Waals surface area contributed by atoms with Gasteiger partial charge in [0.15, 0.2) is 5.82 Å². The van der Waals surface area contributed by atoms with Crippen LogP contribution in [0.5, 0.6) is 11.5 Å². The van der Waals surface area contributed by atoms with Crippen molar-refractivity contribution in [3.8, 4) is 22.1 Å². The molecule has 0 fully saturated rings. The first-order valence-electron chi connectivity index (χ1n) is 10.2. The van der Waals surface area contributed by atoms with Crippen molar-refractivity contribution < 1.29 is 9.47 Å². The van der Waals surface area contributed by atoms with Gasteiger partial charge >= 0.3 is 0 Å². The first-order valence-corrected chi connectivity index (χ1v) is 12.0. The van der Waals surface area contributed by atoms with Crippen LogP contribution in [0.1, 0.15) is 36.8 Å². The number of aromatic nitrogens is 4. The molecule has 166 valence electrons. The van der Waals surface area contributed by atoms with Crippen molar-refractivity contribution in [2.45, 2.75) is 37.3 Å². The topological polar surface area (TPSA) is 88.1 Å². The Hall–Kier alpha value is -3.04. The standard InChI is InChI=1S/C23H25N5O2S2/c1-15(2)16-7-9-17(10-8-16)22-25-18(13-31-22)14-32-23-27-26-21(28(23)24)12-30-20-6-4-5-19(11-20)29-3/h4-11,13,15H,12,14,24H2,1-3H3. The minimum Gasteiger partial charge on any atom is -0.497 e. The minimum absolute atomic E-state index is 0.213. The van der Waals surface area contributed by atoms with Crippen LogP contribution in [0.4, 0.5) is 0 Å². The van der Waals surface area contributed by atoms with E-state index in [0.29, 0.717) is 28.4 Å². The van der Waals surface area contributed by atoms with Gasteiger partial charge in [0, 0.05) is 22.8 Å². The highest BCUT2D eigenvalue weighted by molar-refractivity contribution is 7.98. The highest BCUT2D eigenvalue weighted by Crippen LogP contribution is 2.28. The Labute approximate surface area is 195 Å². The zero-order valence-corrected chi connectivity index (χ0v) is 19.8. The zero-order valence-electron chi connectivity index (χ0n) is 18.2. The van der Waals surface area contributed by atoms with Gasteiger partial charge in [-0.3, -0.25) is 0 Å². The number of nitrogen functional groups attached to an aromatic ring is 1. The van der Waals surface area contributed by atoms with Crippen molar-refractivity contribution in [2.24, 2.45) is 0 Å². The molecule has 0 aliphatic heterocycles. The lowest BCUT2D eigenvalue weighted by Crippen LogP contribution is -2.15. The molecule has 0 aliphatic carbocycles. The average Bonchev–Trinajstić information content (AvgIpc) is 3.43. The number of benzene rings is 2. The number of nitrogens with zero attached hydrogens (tertiary/aromatic N) is 4. The van der Waals surface area contributed by atoms with E-state index in [1.807, 2.05) is 24.3 Å². The Morgan fingerprint density at radius 1 is 1.09 bits per heavy atom. The maximum Gasteiger partial charge on any atom is 0.210 e. The van der Waals surface area contributed by atoms with E-state index in [1.54, 1.807) is 18.4 Å². The smallest absolute Gasteiger partial charge is 0.210 e. The van der Waals surface area contributed by atoms with Crippen molar-refractivity contribution in [3.63, 3.8) is 0 Å². The number of hydrogen-bond acceptors (Lipinski definition) is 8. The normalized spacial score (nSPS) is 11.1. The molecule has 0 spiro atoms. The van der Waals surface area contributed by atoms with Crippen molar-refractivity contribution in [2.75, 3.05) is 13.0 Å². The lowest BCUT2D eigenvalue weighted by molar-refractivity contribution is 0.289. The molecule has 9 heteroatoms. The highest BCUT2D eigenvalue weighted by Gasteiger charge is 2.13. The molecular weight excluding hydrogens is 442 g/mol. The first kappa shape index (κ1) is 22.2. The molecule has 2 heterocycles. The Kier molecular flexibility index (Phi) is 6.96. The number of methoxy groups -OCH3 is 1. The number of ether oxygens (including phenoxy) is 2. The predicted octanol–water partition coefficient (Wildman–Crippen LogP) is 5.12. The molecule has 7 nitrogen and oxygen atoms in total. The Balaban J connectivity index is 1.35. The second-order valence-electron chi connectivity index (χ2n) is 7.45. The van der Waals surface area contributed by atoms with Gasteiger partial charge in [-0.05, 0) is 23.6 Å². The summed E-state index contributed by atoms with van der Waals surface area (Å²) in [6.45, 7) is 4.60. The summed E-state index contributed by atoms with van der Waals surface area (Å²) in [6, 6.07) is 16.0. The largest absolute Gasteiger partial charge is 0.497 e. The van der Waals surface area contributed by atoms with Gasteiger partial charge in [-0.2, -0.15) is 0 Å². The van der Waals surface area contributed by atoms with Crippen LogP contribution in [0.25, 0.3) is 10.6 Å². The van der Waals surface area contributed by atoms with Crippen LogP contribution in [0.2, 0.25) is 0 Å². The molecule has 4 rings (SSSR count). The van der Waals surface area contributed by atoms with Gasteiger partial charge in [0.2, 0.25) is 5.16 Å². The summed E-state index contributed by atoms with van der Waals surface area (Å²) in [7, 11) is 1.62. The van der Waals surface area contributed by atoms with E-state index in [0.717, 1.165) is 22.0 Å². The number of nitrogens with two attached hydrogens (primary N) is 1. The van der Waals surface area contributed by atoms with Gasteiger partial charge in [0.1, 0.15) is 23.1 Å². The van der Waals surface area contributed by atoms with Crippen molar-refractivity contribution in [1.29, 1.82) is 0 Å². The van der Waals surface area contributed by atoms with Gasteiger partial charge in [0.05, 0.1) is 12.8 Å². The van der Waals surface area contributed by atoms with E-state index in [1.165, 1.54) is 22.0 Å². The maximum atomic E-state index is 6.17. The third kappa shape index (κ3) is 5.23. The molecule has 0 saturated heterocycles. The maximum absolute atomic E-state index is 6.17. The van der Waals surface area contributed by atoms with Gasteiger partial charge in [0.25, 0.3) is 0 Å². The Bertz CT molecular complexity index is 1170. The van der Waals surface area contributed by atoms with Crippen molar-refractivity contribution in [1.82, 2.24) is 19.9 Å². The van der Waals surface area contributed by atoms with E-state index in [9.17, 15) is 0 Å². The first-order chi connectivity index (χ1) is 15.5. The molecule has 4 aromatic rings. The summed E-state index contributed by atoms with van der Waals surface area (Å²) in [6.07, 6.45) is 0. The van der Waals surface area contributed by atoms with Crippen molar-refractivity contribution in [3.05, 3.63) is 71.0 Å². The fourth-order valence-corrected chi connectivity index (χ4v) is 4.70. The molecule has 0 radical (unpaired) electrons. The number of hydrogen-bond donors (Lipinski definition) is 1. The molecule has 0 unspecified atom stereocenters. The predicted molar refractivity (Wildman–Crippen MR) is 129 cm³/mol. The van der Waals surface area contributed by atoms with Crippen LogP contribution in [-0.2, 0) is 12.4 Å². The highest BCUT2D eigenvalue weighted by atomic mass is 32.2. The van der Waals surface area contributed by atoms with E-state index in [2.05, 4.69) is 53.7 Å². The summed E-state index contributed by atoms with van der Waals surface area (Å²) >= 11 is 3.14. The number of thiazole rings is 1. The van der Waals surface area contributed by atoms with E-state index < -0.39 is 0 Å². The molecule has 0 aliphatic rings. The number of rotatable bonds is 9. The van der Waals surface area contributed by atoms with Crippen LogP contribution in [-0.4, -0.2) is 27.0 Å². The molecule has 0 saturated carbocycles. The quantitative estimate of drug-likeness (QED) is 0.270. The molecule has 2 aromatic carbocycles. The number of thioether (sulfide) groups is 1. The second-order valence-corrected chi connectivity index (χ2v) is 9.25. The fourth-order valence-electron chi connectivity index (χ4n) is 3.00. The third-order valence-electron chi connectivity index (χ3n) is 4.87. The van der Waals surface area contributed by atoms with E-state index in [4.69, 9.17) is 20.3 Å². The second kappa shape index (κ2) is 10.1. The van der Waals surface area contributed by atoms with Crippen molar-refractivity contribution >= 4 is 23.1 Å². The van der Waals surface area contributed by atoms with Crippen LogP contribution < -0.4 is 15.3 Å². The monoisotopic (exact) mass is 467 g/mol. The summed E-state index contributed by atoms with van der Waals surface area (Å²) in [5.41, 5.74) is 3.45. The summed E-state index contributed by atoms with van der Waals surface area (Å²) in [4.78, 5) is 4.76. The summed E-state index contributed by atoms with van der Waals surface area (Å²) in [5.74, 6) is 9.30. The van der Waals surface area contributed by atoms with Crippen LogP contribution in [0.15, 0.2) is 59.1 Å². The molecular formula is C23H25N5O2S2.